The highest BCUT2D eigenvalue weighted by Crippen LogP contribution is 2.40. The molecule has 0 saturated heterocycles. The molecule has 0 aliphatic heterocycles. The maximum atomic E-state index is 2.45. The van der Waals surface area contributed by atoms with Gasteiger partial charge in [-0.25, -0.2) is 0 Å². The Morgan fingerprint density at radius 3 is 2.18 bits per heavy atom. The molecule has 0 aromatic carbocycles. The Labute approximate surface area is 70.8 Å². The Morgan fingerprint density at radius 2 is 1.73 bits per heavy atom. The first kappa shape index (κ1) is 9.05. The van der Waals surface area contributed by atoms with Gasteiger partial charge in [0.05, 0.1) is 0 Å². The number of hydrogen-bond donors (Lipinski definition) is 0. The van der Waals surface area contributed by atoms with Crippen molar-refractivity contribution in [3.8, 4) is 0 Å². The van der Waals surface area contributed by atoms with Gasteiger partial charge in [0, 0.05) is 0 Å². The summed E-state index contributed by atoms with van der Waals surface area (Å²) in [5.74, 6) is 0. The van der Waals surface area contributed by atoms with E-state index >= 15 is 0 Å². The minimum atomic E-state index is 0.685. The van der Waals surface area contributed by atoms with Crippen LogP contribution in [0.2, 0.25) is 0 Å². The highest BCUT2D eigenvalue weighted by Gasteiger charge is 2.27. The van der Waals surface area contributed by atoms with Gasteiger partial charge in [-0.15, -0.1) is 0 Å². The van der Waals surface area contributed by atoms with Crippen molar-refractivity contribution in [2.75, 3.05) is 20.6 Å². The summed E-state index contributed by atoms with van der Waals surface area (Å²) in [7, 11) is 4.33. The van der Waals surface area contributed by atoms with E-state index in [1.54, 1.807) is 0 Å². The maximum absolute atomic E-state index is 2.45. The van der Waals surface area contributed by atoms with Gasteiger partial charge in [0.2, 0.25) is 0 Å². The lowest BCUT2D eigenvalue weighted by molar-refractivity contribution is 0.257. The van der Waals surface area contributed by atoms with Gasteiger partial charge in [-0.3, -0.25) is 0 Å². The topological polar surface area (TPSA) is 3.24 Å². The Hall–Kier alpha value is -0.0400. The molecule has 0 bridgehead atoms. The van der Waals surface area contributed by atoms with Crippen LogP contribution in [0.15, 0.2) is 0 Å². The van der Waals surface area contributed by atoms with Crippen LogP contribution >= 0.6 is 0 Å². The molecular formula is C10H21N. The van der Waals surface area contributed by atoms with Crippen LogP contribution in [0.25, 0.3) is 0 Å². The molecule has 0 unspecified atom stereocenters. The van der Waals surface area contributed by atoms with E-state index in [0.29, 0.717) is 5.41 Å². The third-order valence-electron chi connectivity index (χ3n) is 2.97. The van der Waals surface area contributed by atoms with Gasteiger partial charge in [0.1, 0.15) is 0 Å². The molecule has 1 fully saturated rings. The molecule has 0 amide bonds. The van der Waals surface area contributed by atoms with Crippen molar-refractivity contribution < 1.29 is 0 Å². The van der Waals surface area contributed by atoms with Gasteiger partial charge in [-0.2, -0.15) is 0 Å². The Bertz CT molecular complexity index is 112. The molecule has 66 valence electrons. The van der Waals surface area contributed by atoms with Crippen LogP contribution in [0.1, 0.15) is 39.0 Å². The summed E-state index contributed by atoms with van der Waals surface area (Å²) >= 11 is 0. The quantitative estimate of drug-likeness (QED) is 0.605. The molecule has 0 aromatic rings. The molecule has 1 rings (SSSR count). The monoisotopic (exact) mass is 155 g/mol. The second-order valence-corrected chi connectivity index (χ2v) is 4.57. The molecule has 1 aliphatic rings. The van der Waals surface area contributed by atoms with E-state index in [-0.39, 0.29) is 0 Å². The van der Waals surface area contributed by atoms with Crippen molar-refractivity contribution in [3.05, 3.63) is 0 Å². The van der Waals surface area contributed by atoms with Crippen LogP contribution in [-0.2, 0) is 0 Å². The summed E-state index contributed by atoms with van der Waals surface area (Å²) in [6, 6.07) is 0. The zero-order chi connectivity index (χ0) is 8.32. The van der Waals surface area contributed by atoms with E-state index in [1.165, 1.54) is 38.6 Å². The summed E-state index contributed by atoms with van der Waals surface area (Å²) in [6.07, 6.45) is 7.23. The van der Waals surface area contributed by atoms with Crippen LogP contribution in [0.4, 0.5) is 0 Å². The van der Waals surface area contributed by atoms with Gasteiger partial charge in [0.25, 0.3) is 0 Å². The third kappa shape index (κ3) is 2.82. The number of hydrogen-bond acceptors (Lipinski definition) is 1. The van der Waals surface area contributed by atoms with Crippen molar-refractivity contribution in [1.82, 2.24) is 4.90 Å². The average molecular weight is 155 g/mol. The average Bonchev–Trinajstić information content (AvgIpc) is 2.33. The Balaban J connectivity index is 2.23. The van der Waals surface area contributed by atoms with E-state index in [2.05, 4.69) is 25.9 Å². The zero-order valence-corrected chi connectivity index (χ0v) is 8.19. The summed E-state index contributed by atoms with van der Waals surface area (Å²) in [5, 5.41) is 0. The summed E-state index contributed by atoms with van der Waals surface area (Å²) in [4.78, 5) is 2.30. The second kappa shape index (κ2) is 3.57. The van der Waals surface area contributed by atoms with Crippen LogP contribution in [0, 0.1) is 5.41 Å². The van der Waals surface area contributed by atoms with E-state index in [9.17, 15) is 0 Å². The van der Waals surface area contributed by atoms with E-state index in [4.69, 9.17) is 0 Å². The first-order valence-electron chi connectivity index (χ1n) is 4.77. The molecule has 0 radical (unpaired) electrons. The zero-order valence-electron chi connectivity index (χ0n) is 8.19. The van der Waals surface area contributed by atoms with E-state index < -0.39 is 0 Å². The number of nitrogens with zero attached hydrogens (tertiary/aromatic N) is 1. The Kier molecular flexibility index (Phi) is 2.94. The predicted octanol–water partition coefficient (Wildman–Crippen LogP) is 2.52. The lowest BCUT2D eigenvalue weighted by Gasteiger charge is -2.25. The van der Waals surface area contributed by atoms with Gasteiger partial charge in [-0.05, 0) is 45.3 Å². The van der Waals surface area contributed by atoms with Crippen LogP contribution < -0.4 is 0 Å². The first-order chi connectivity index (χ1) is 5.12. The van der Waals surface area contributed by atoms with Crippen LogP contribution in [-0.4, -0.2) is 25.5 Å². The SMILES string of the molecule is CN(C)CCC1(C)CCCC1. The molecule has 11 heavy (non-hydrogen) atoms. The largest absolute Gasteiger partial charge is 0.309 e. The summed E-state index contributed by atoms with van der Waals surface area (Å²) in [6.45, 7) is 3.71. The maximum Gasteiger partial charge on any atom is -0.00196 e. The summed E-state index contributed by atoms with van der Waals surface area (Å²) < 4.78 is 0. The van der Waals surface area contributed by atoms with Gasteiger partial charge >= 0.3 is 0 Å². The minimum Gasteiger partial charge on any atom is -0.309 e. The molecule has 1 aliphatic carbocycles. The molecule has 0 N–H and O–H groups in total. The lowest BCUT2D eigenvalue weighted by atomic mass is 9.85. The van der Waals surface area contributed by atoms with Gasteiger partial charge in [-0.1, -0.05) is 19.8 Å². The molecular weight excluding hydrogens is 134 g/mol. The fourth-order valence-corrected chi connectivity index (χ4v) is 1.97. The minimum absolute atomic E-state index is 0.685. The fourth-order valence-electron chi connectivity index (χ4n) is 1.97. The standard InChI is InChI=1S/C10H21N/c1-10(6-4-5-7-10)8-9-11(2)3/h4-9H2,1-3H3. The highest BCUT2D eigenvalue weighted by atomic mass is 15.0. The normalized spacial score (nSPS) is 22.9. The number of rotatable bonds is 3. The van der Waals surface area contributed by atoms with Crippen LogP contribution in [0.3, 0.4) is 0 Å². The van der Waals surface area contributed by atoms with Crippen molar-refractivity contribution in [1.29, 1.82) is 0 Å². The Morgan fingerprint density at radius 1 is 1.18 bits per heavy atom. The molecule has 1 heteroatoms. The second-order valence-electron chi connectivity index (χ2n) is 4.57. The molecule has 0 atom stereocenters. The van der Waals surface area contributed by atoms with Crippen LogP contribution in [0.5, 0.6) is 0 Å². The predicted molar refractivity (Wildman–Crippen MR) is 49.7 cm³/mol. The molecule has 1 nitrogen and oxygen atoms in total. The van der Waals surface area contributed by atoms with Crippen molar-refractivity contribution in [3.63, 3.8) is 0 Å². The van der Waals surface area contributed by atoms with E-state index in [1.807, 2.05) is 0 Å². The van der Waals surface area contributed by atoms with Gasteiger partial charge in [0.15, 0.2) is 0 Å². The summed E-state index contributed by atoms with van der Waals surface area (Å²) in [5.41, 5.74) is 0.685. The molecule has 0 aromatic heterocycles. The van der Waals surface area contributed by atoms with E-state index in [0.717, 1.165) is 0 Å². The van der Waals surface area contributed by atoms with Crippen molar-refractivity contribution >= 4 is 0 Å². The lowest BCUT2D eigenvalue weighted by Crippen LogP contribution is -2.21. The van der Waals surface area contributed by atoms with Crippen molar-refractivity contribution in [2.24, 2.45) is 5.41 Å². The first-order valence-corrected chi connectivity index (χ1v) is 4.77. The fraction of sp³-hybridized carbons (Fsp3) is 1.00. The van der Waals surface area contributed by atoms with Gasteiger partial charge < -0.3 is 4.90 Å². The smallest absolute Gasteiger partial charge is 0.00196 e. The third-order valence-corrected chi connectivity index (χ3v) is 2.97. The van der Waals surface area contributed by atoms with Crippen molar-refractivity contribution in [2.45, 2.75) is 39.0 Å². The molecule has 0 heterocycles. The molecule has 0 spiro atoms. The molecule has 1 saturated carbocycles. The highest BCUT2D eigenvalue weighted by molar-refractivity contribution is 4.80.